The molecular formula is C13H14ClNO2. The standard InChI is InChI=1S/C13H14ClNO2/c1-13(2,12(16)17)8-15-6-5-9-3-4-10(14)7-11(9)15/h3-7H,8H2,1-2H3,(H,16,17). The van der Waals surface area contributed by atoms with E-state index >= 15 is 0 Å². The van der Waals surface area contributed by atoms with Crippen LogP contribution in [0.2, 0.25) is 5.02 Å². The molecule has 0 saturated heterocycles. The monoisotopic (exact) mass is 251 g/mol. The number of benzene rings is 1. The van der Waals surface area contributed by atoms with Crippen molar-refractivity contribution >= 4 is 28.5 Å². The topological polar surface area (TPSA) is 42.2 Å². The summed E-state index contributed by atoms with van der Waals surface area (Å²) < 4.78 is 1.93. The van der Waals surface area contributed by atoms with Gasteiger partial charge in [-0.05, 0) is 37.4 Å². The number of carboxylic acids is 1. The third-order valence-corrected chi connectivity index (χ3v) is 3.12. The molecule has 0 saturated carbocycles. The van der Waals surface area contributed by atoms with Crippen molar-refractivity contribution in [1.82, 2.24) is 4.57 Å². The van der Waals surface area contributed by atoms with Crippen molar-refractivity contribution in [2.45, 2.75) is 20.4 Å². The summed E-state index contributed by atoms with van der Waals surface area (Å²) in [5, 5.41) is 10.9. The van der Waals surface area contributed by atoms with Gasteiger partial charge in [0, 0.05) is 23.3 Å². The third-order valence-electron chi connectivity index (χ3n) is 2.88. The van der Waals surface area contributed by atoms with Crippen LogP contribution in [0.1, 0.15) is 13.8 Å². The molecule has 0 radical (unpaired) electrons. The molecule has 17 heavy (non-hydrogen) atoms. The number of fused-ring (bicyclic) bond motifs is 1. The summed E-state index contributed by atoms with van der Waals surface area (Å²) in [6, 6.07) is 7.58. The predicted molar refractivity (Wildman–Crippen MR) is 68.4 cm³/mol. The SMILES string of the molecule is CC(C)(Cn1ccc2ccc(Cl)cc21)C(=O)O. The lowest BCUT2D eigenvalue weighted by atomic mass is 9.94. The van der Waals surface area contributed by atoms with Crippen molar-refractivity contribution in [3.05, 3.63) is 35.5 Å². The molecule has 4 heteroatoms. The van der Waals surface area contributed by atoms with E-state index in [9.17, 15) is 4.79 Å². The van der Waals surface area contributed by atoms with Gasteiger partial charge >= 0.3 is 5.97 Å². The van der Waals surface area contributed by atoms with E-state index in [0.717, 1.165) is 10.9 Å². The molecule has 1 aromatic carbocycles. The van der Waals surface area contributed by atoms with E-state index in [1.165, 1.54) is 0 Å². The molecule has 0 aliphatic rings. The van der Waals surface area contributed by atoms with E-state index in [1.54, 1.807) is 13.8 Å². The molecule has 0 unspecified atom stereocenters. The summed E-state index contributed by atoms with van der Waals surface area (Å²) in [5.41, 5.74) is 0.167. The minimum atomic E-state index is -0.804. The Bertz CT molecular complexity index is 572. The smallest absolute Gasteiger partial charge is 0.310 e. The Hall–Kier alpha value is -1.48. The number of carbonyl (C=O) groups is 1. The van der Waals surface area contributed by atoms with E-state index in [2.05, 4.69) is 0 Å². The van der Waals surface area contributed by atoms with Gasteiger partial charge in [0.05, 0.1) is 5.41 Å². The second-order valence-corrected chi connectivity index (χ2v) is 5.27. The molecule has 1 heterocycles. The molecule has 90 valence electrons. The first-order chi connectivity index (χ1) is 7.90. The Morgan fingerprint density at radius 1 is 1.41 bits per heavy atom. The summed E-state index contributed by atoms with van der Waals surface area (Å²) in [6.45, 7) is 3.85. The molecule has 0 bridgehead atoms. The molecule has 3 nitrogen and oxygen atoms in total. The number of aromatic nitrogens is 1. The van der Waals surface area contributed by atoms with Crippen LogP contribution in [0.15, 0.2) is 30.5 Å². The molecule has 1 aromatic heterocycles. The zero-order chi connectivity index (χ0) is 12.6. The number of rotatable bonds is 3. The molecule has 2 aromatic rings. The maximum absolute atomic E-state index is 11.1. The summed E-state index contributed by atoms with van der Waals surface area (Å²) in [4.78, 5) is 11.1. The largest absolute Gasteiger partial charge is 0.481 e. The second-order valence-electron chi connectivity index (χ2n) is 4.84. The molecule has 1 N–H and O–H groups in total. The molecule has 0 fully saturated rings. The van der Waals surface area contributed by atoms with Crippen molar-refractivity contribution in [1.29, 1.82) is 0 Å². The van der Waals surface area contributed by atoms with Gasteiger partial charge in [0.15, 0.2) is 0 Å². The number of aliphatic carboxylic acids is 1. The van der Waals surface area contributed by atoms with Gasteiger partial charge in [-0.1, -0.05) is 17.7 Å². The van der Waals surface area contributed by atoms with E-state index in [1.807, 2.05) is 35.0 Å². The van der Waals surface area contributed by atoms with Crippen LogP contribution in [0.25, 0.3) is 10.9 Å². The molecule has 0 amide bonds. The molecule has 0 atom stereocenters. The summed E-state index contributed by atoms with van der Waals surface area (Å²) in [6.07, 6.45) is 1.89. The highest BCUT2D eigenvalue weighted by Gasteiger charge is 2.27. The Morgan fingerprint density at radius 2 is 2.12 bits per heavy atom. The lowest BCUT2D eigenvalue weighted by Gasteiger charge is -2.20. The van der Waals surface area contributed by atoms with Crippen LogP contribution in [0.4, 0.5) is 0 Å². The molecule has 2 rings (SSSR count). The van der Waals surface area contributed by atoms with E-state index in [-0.39, 0.29) is 0 Å². The van der Waals surface area contributed by atoms with Gasteiger partial charge in [0.2, 0.25) is 0 Å². The first-order valence-electron chi connectivity index (χ1n) is 5.38. The number of carboxylic acid groups (broad SMARTS) is 1. The van der Waals surface area contributed by atoms with Crippen LogP contribution in [0.3, 0.4) is 0 Å². The third kappa shape index (κ3) is 2.29. The zero-order valence-corrected chi connectivity index (χ0v) is 10.5. The molecular weight excluding hydrogens is 238 g/mol. The summed E-state index contributed by atoms with van der Waals surface area (Å²) >= 11 is 5.95. The fourth-order valence-electron chi connectivity index (χ4n) is 1.79. The molecule has 0 aliphatic carbocycles. The maximum atomic E-state index is 11.1. The number of nitrogens with zero attached hydrogens (tertiary/aromatic N) is 1. The minimum Gasteiger partial charge on any atom is -0.481 e. The van der Waals surface area contributed by atoms with Crippen molar-refractivity contribution in [3.8, 4) is 0 Å². The van der Waals surface area contributed by atoms with Gasteiger partial charge in [-0.25, -0.2) is 0 Å². The average Bonchev–Trinajstić information content (AvgIpc) is 2.60. The Morgan fingerprint density at radius 3 is 2.76 bits per heavy atom. The summed E-state index contributed by atoms with van der Waals surface area (Å²) in [5.74, 6) is -0.804. The van der Waals surface area contributed by atoms with Gasteiger partial charge in [-0.2, -0.15) is 0 Å². The van der Waals surface area contributed by atoms with Crippen LogP contribution in [-0.4, -0.2) is 15.6 Å². The number of hydrogen-bond acceptors (Lipinski definition) is 1. The van der Waals surface area contributed by atoms with Crippen LogP contribution in [0.5, 0.6) is 0 Å². The van der Waals surface area contributed by atoms with Gasteiger partial charge in [-0.3, -0.25) is 4.79 Å². The Balaban J connectivity index is 2.43. The van der Waals surface area contributed by atoms with Gasteiger partial charge in [-0.15, -0.1) is 0 Å². The fraction of sp³-hybridized carbons (Fsp3) is 0.308. The zero-order valence-electron chi connectivity index (χ0n) is 9.77. The van der Waals surface area contributed by atoms with Crippen LogP contribution in [0, 0.1) is 5.41 Å². The van der Waals surface area contributed by atoms with Crippen LogP contribution in [-0.2, 0) is 11.3 Å². The Labute approximate surface area is 105 Å². The lowest BCUT2D eigenvalue weighted by Crippen LogP contribution is -2.28. The van der Waals surface area contributed by atoms with Crippen molar-refractivity contribution in [2.24, 2.45) is 5.41 Å². The normalized spacial score (nSPS) is 11.9. The van der Waals surface area contributed by atoms with Gasteiger partial charge in [0.1, 0.15) is 0 Å². The first-order valence-corrected chi connectivity index (χ1v) is 5.76. The van der Waals surface area contributed by atoms with Crippen LogP contribution >= 0.6 is 11.6 Å². The maximum Gasteiger partial charge on any atom is 0.310 e. The van der Waals surface area contributed by atoms with Crippen molar-refractivity contribution in [3.63, 3.8) is 0 Å². The van der Waals surface area contributed by atoms with Crippen LogP contribution < -0.4 is 0 Å². The highest BCUT2D eigenvalue weighted by Crippen LogP contribution is 2.25. The van der Waals surface area contributed by atoms with E-state index in [0.29, 0.717) is 11.6 Å². The van der Waals surface area contributed by atoms with Gasteiger partial charge < -0.3 is 9.67 Å². The quantitative estimate of drug-likeness (QED) is 0.908. The molecule has 0 spiro atoms. The minimum absolute atomic E-state index is 0.423. The van der Waals surface area contributed by atoms with Gasteiger partial charge in [0.25, 0.3) is 0 Å². The average molecular weight is 252 g/mol. The van der Waals surface area contributed by atoms with Crippen molar-refractivity contribution in [2.75, 3.05) is 0 Å². The molecule has 0 aliphatic heterocycles. The van der Waals surface area contributed by atoms with E-state index < -0.39 is 11.4 Å². The summed E-state index contributed by atoms with van der Waals surface area (Å²) in [7, 11) is 0. The highest BCUT2D eigenvalue weighted by molar-refractivity contribution is 6.31. The Kier molecular flexibility index (Phi) is 2.87. The highest BCUT2D eigenvalue weighted by atomic mass is 35.5. The van der Waals surface area contributed by atoms with Crippen molar-refractivity contribution < 1.29 is 9.90 Å². The lowest BCUT2D eigenvalue weighted by molar-refractivity contribution is -0.147. The fourth-order valence-corrected chi connectivity index (χ4v) is 1.95. The second kappa shape index (κ2) is 4.08. The number of halogens is 1. The van der Waals surface area contributed by atoms with E-state index in [4.69, 9.17) is 16.7 Å². The predicted octanol–water partition coefficient (Wildman–Crippen LogP) is 3.41. The number of hydrogen-bond donors (Lipinski definition) is 1. The first kappa shape index (κ1) is 12.0.